The van der Waals surface area contributed by atoms with Crippen LogP contribution in [0.2, 0.25) is 0 Å². The Hall–Kier alpha value is -1.79. The molecule has 1 rings (SSSR count). The fourth-order valence-corrected chi connectivity index (χ4v) is 7.65. The van der Waals surface area contributed by atoms with Gasteiger partial charge in [0.2, 0.25) is 0 Å². The van der Waals surface area contributed by atoms with E-state index in [9.17, 15) is 34.8 Å². The van der Waals surface area contributed by atoms with Crippen molar-refractivity contribution in [2.45, 2.75) is 269 Å². The van der Waals surface area contributed by atoms with E-state index in [-0.39, 0.29) is 26.1 Å². The Kier molecular flexibility index (Phi) is 35.7. The van der Waals surface area contributed by atoms with Crippen molar-refractivity contribution in [1.82, 2.24) is 0 Å². The van der Waals surface area contributed by atoms with Gasteiger partial charge in [-0.2, -0.15) is 0 Å². The molecule has 6 unspecified atom stereocenters. The van der Waals surface area contributed by atoms with Crippen LogP contribution in [0.5, 0.6) is 0 Å². The number of carbonyl (C=O) groups excluding carboxylic acids is 2. The molecular formula is C47H88O11. The van der Waals surface area contributed by atoms with Gasteiger partial charge in [-0.3, -0.25) is 9.59 Å². The minimum Gasteiger partial charge on any atom is -0.479 e. The molecule has 1 aliphatic heterocycles. The molecule has 0 saturated carbocycles. The van der Waals surface area contributed by atoms with Gasteiger partial charge in [0.1, 0.15) is 24.9 Å². The normalized spacial score (nSPS) is 19.9. The van der Waals surface area contributed by atoms with E-state index >= 15 is 0 Å². The number of aliphatic carboxylic acids is 1. The van der Waals surface area contributed by atoms with E-state index in [4.69, 9.17) is 18.9 Å². The van der Waals surface area contributed by atoms with E-state index in [1.54, 1.807) is 0 Å². The van der Waals surface area contributed by atoms with E-state index in [2.05, 4.69) is 13.8 Å². The summed E-state index contributed by atoms with van der Waals surface area (Å²) in [5, 5.41) is 39.8. The van der Waals surface area contributed by atoms with Gasteiger partial charge in [-0.05, 0) is 12.8 Å². The van der Waals surface area contributed by atoms with Crippen LogP contribution in [0.1, 0.15) is 232 Å². The van der Waals surface area contributed by atoms with Crippen LogP contribution in [0.4, 0.5) is 0 Å². The van der Waals surface area contributed by atoms with Crippen LogP contribution in [0, 0.1) is 0 Å². The molecule has 0 spiro atoms. The molecule has 1 heterocycles. The lowest BCUT2D eigenvalue weighted by molar-refractivity contribution is -0.298. The molecule has 58 heavy (non-hydrogen) atoms. The topological polar surface area (TPSA) is 169 Å². The minimum absolute atomic E-state index is 0.190. The molecule has 0 aromatic rings. The molecule has 4 N–H and O–H groups in total. The van der Waals surface area contributed by atoms with Crippen molar-refractivity contribution >= 4 is 17.9 Å². The zero-order valence-corrected chi connectivity index (χ0v) is 37.1. The highest BCUT2D eigenvalue weighted by Gasteiger charge is 2.47. The monoisotopic (exact) mass is 829 g/mol. The molecule has 1 fully saturated rings. The summed E-state index contributed by atoms with van der Waals surface area (Å²) < 4.78 is 21.8. The van der Waals surface area contributed by atoms with Crippen molar-refractivity contribution in [1.29, 1.82) is 0 Å². The number of hydrogen-bond acceptors (Lipinski definition) is 10. The summed E-state index contributed by atoms with van der Waals surface area (Å²) >= 11 is 0. The maximum absolute atomic E-state index is 12.7. The van der Waals surface area contributed by atoms with Crippen molar-refractivity contribution in [3.8, 4) is 0 Å². The number of rotatable bonds is 41. The SMILES string of the molecule is CCCCCCCCCCCCCCCCCCCCCCC(=O)OCC(COC1OC(C(=O)O)C(O)C(O)C1O)OC(=O)CCCCCCCCCCCCCC. The van der Waals surface area contributed by atoms with E-state index < -0.39 is 54.7 Å². The molecule has 11 heteroatoms. The molecule has 0 aromatic carbocycles. The summed E-state index contributed by atoms with van der Waals surface area (Å²) in [6.45, 7) is 3.84. The van der Waals surface area contributed by atoms with Crippen molar-refractivity contribution in [3.63, 3.8) is 0 Å². The summed E-state index contributed by atoms with van der Waals surface area (Å²) in [6, 6.07) is 0. The molecule has 0 bridgehead atoms. The summed E-state index contributed by atoms with van der Waals surface area (Å²) in [5.41, 5.74) is 0. The van der Waals surface area contributed by atoms with Crippen LogP contribution >= 0.6 is 0 Å². The number of carboxylic acid groups (broad SMARTS) is 1. The van der Waals surface area contributed by atoms with Gasteiger partial charge in [0.05, 0.1) is 6.61 Å². The third-order valence-corrected chi connectivity index (χ3v) is 11.5. The van der Waals surface area contributed by atoms with Gasteiger partial charge in [0.25, 0.3) is 0 Å². The van der Waals surface area contributed by atoms with Gasteiger partial charge in [0.15, 0.2) is 18.5 Å². The second-order valence-corrected chi connectivity index (χ2v) is 17.0. The number of ether oxygens (including phenoxy) is 4. The average Bonchev–Trinajstić information content (AvgIpc) is 3.21. The van der Waals surface area contributed by atoms with Gasteiger partial charge >= 0.3 is 17.9 Å². The molecule has 0 aliphatic carbocycles. The third-order valence-electron chi connectivity index (χ3n) is 11.5. The molecule has 0 amide bonds. The molecule has 1 aliphatic rings. The Morgan fingerprint density at radius 2 is 0.810 bits per heavy atom. The van der Waals surface area contributed by atoms with E-state index in [0.717, 1.165) is 38.5 Å². The second-order valence-electron chi connectivity index (χ2n) is 17.0. The summed E-state index contributed by atoms with van der Waals surface area (Å²) in [4.78, 5) is 36.8. The lowest BCUT2D eigenvalue weighted by atomic mass is 9.99. The number of aliphatic hydroxyl groups excluding tert-OH is 3. The van der Waals surface area contributed by atoms with Gasteiger partial charge in [0, 0.05) is 12.8 Å². The number of carbonyl (C=O) groups is 3. The maximum atomic E-state index is 12.7. The Morgan fingerprint density at radius 1 is 0.466 bits per heavy atom. The van der Waals surface area contributed by atoms with E-state index in [1.807, 2.05) is 0 Å². The smallest absolute Gasteiger partial charge is 0.335 e. The fraction of sp³-hybridized carbons (Fsp3) is 0.936. The van der Waals surface area contributed by atoms with Crippen LogP contribution in [0.3, 0.4) is 0 Å². The van der Waals surface area contributed by atoms with Crippen LogP contribution < -0.4 is 0 Å². The fourth-order valence-electron chi connectivity index (χ4n) is 7.65. The molecule has 6 atom stereocenters. The van der Waals surface area contributed by atoms with Crippen LogP contribution in [0.15, 0.2) is 0 Å². The number of unbranched alkanes of at least 4 members (excludes halogenated alkanes) is 30. The largest absolute Gasteiger partial charge is 0.479 e. The first-order chi connectivity index (χ1) is 28.2. The van der Waals surface area contributed by atoms with Gasteiger partial charge in [-0.15, -0.1) is 0 Å². The van der Waals surface area contributed by atoms with Gasteiger partial charge < -0.3 is 39.4 Å². The number of carboxylic acids is 1. The maximum Gasteiger partial charge on any atom is 0.335 e. The number of aliphatic hydroxyl groups is 3. The van der Waals surface area contributed by atoms with Gasteiger partial charge in [-0.25, -0.2) is 4.79 Å². The molecule has 0 aromatic heterocycles. The highest BCUT2D eigenvalue weighted by atomic mass is 16.7. The van der Waals surface area contributed by atoms with Crippen molar-refractivity contribution in [2.24, 2.45) is 0 Å². The average molecular weight is 829 g/mol. The Labute approximate surface area is 353 Å². The molecule has 1 saturated heterocycles. The Morgan fingerprint density at radius 3 is 1.17 bits per heavy atom. The van der Waals surface area contributed by atoms with Crippen molar-refractivity contribution < 1.29 is 53.8 Å². The second kappa shape index (κ2) is 38.2. The molecule has 11 nitrogen and oxygen atoms in total. The van der Waals surface area contributed by atoms with E-state index in [1.165, 1.54) is 154 Å². The summed E-state index contributed by atoms with van der Waals surface area (Å²) in [6.07, 6.45) is 30.2. The van der Waals surface area contributed by atoms with Crippen LogP contribution in [-0.2, 0) is 33.3 Å². The summed E-state index contributed by atoms with van der Waals surface area (Å²) in [5.74, 6) is -2.42. The Balaban J connectivity index is 2.28. The van der Waals surface area contributed by atoms with Gasteiger partial charge in [-0.1, -0.05) is 206 Å². The highest BCUT2D eigenvalue weighted by Crippen LogP contribution is 2.23. The molecule has 0 radical (unpaired) electrons. The van der Waals surface area contributed by atoms with Crippen LogP contribution in [-0.4, -0.2) is 88.4 Å². The lowest BCUT2D eigenvalue weighted by Crippen LogP contribution is -2.60. The first-order valence-corrected chi connectivity index (χ1v) is 24.1. The van der Waals surface area contributed by atoms with Crippen molar-refractivity contribution in [2.75, 3.05) is 13.2 Å². The molecule has 342 valence electrons. The minimum atomic E-state index is -1.86. The first kappa shape index (κ1) is 54.2. The third kappa shape index (κ3) is 29.4. The zero-order valence-electron chi connectivity index (χ0n) is 37.1. The lowest BCUT2D eigenvalue weighted by Gasteiger charge is -2.38. The number of esters is 2. The predicted octanol–water partition coefficient (Wildman–Crippen LogP) is 10.7. The Bertz CT molecular complexity index is 978. The number of hydrogen-bond donors (Lipinski definition) is 4. The quantitative estimate of drug-likeness (QED) is 0.0342. The van der Waals surface area contributed by atoms with E-state index in [0.29, 0.717) is 12.8 Å². The zero-order chi connectivity index (χ0) is 42.5. The standard InChI is InChI=1S/C47H88O11/c1-3-5-7-9-11-13-15-17-18-19-20-21-22-23-24-26-27-29-31-33-35-40(48)55-37-39(38-56-47-44(52)42(50)43(51)45(58-47)46(53)54)57-41(49)36-34-32-30-28-25-16-14-12-10-8-6-4-2/h39,42-45,47,50-52H,3-38H2,1-2H3,(H,53,54). The highest BCUT2D eigenvalue weighted by molar-refractivity contribution is 5.73. The van der Waals surface area contributed by atoms with Crippen LogP contribution in [0.25, 0.3) is 0 Å². The van der Waals surface area contributed by atoms with Crippen molar-refractivity contribution in [3.05, 3.63) is 0 Å². The predicted molar refractivity (Wildman–Crippen MR) is 229 cm³/mol. The molecular weight excluding hydrogens is 741 g/mol. The summed E-state index contributed by atoms with van der Waals surface area (Å²) in [7, 11) is 0. The first-order valence-electron chi connectivity index (χ1n) is 24.1.